The van der Waals surface area contributed by atoms with Gasteiger partial charge in [0.25, 0.3) is 0 Å². The average molecular weight is 425 g/mol. The van der Waals surface area contributed by atoms with Crippen LogP contribution < -0.4 is 10.5 Å². The molecule has 1 fully saturated rings. The van der Waals surface area contributed by atoms with Crippen molar-refractivity contribution in [3.8, 4) is 5.75 Å². The highest BCUT2D eigenvalue weighted by Gasteiger charge is 2.24. The first-order valence-electron chi connectivity index (χ1n) is 9.23. The largest absolute Gasteiger partial charge is 0.495 e. The molecule has 2 rings (SSSR count). The van der Waals surface area contributed by atoms with Gasteiger partial charge in [-0.3, -0.25) is 4.79 Å². The molecule has 0 unspecified atom stereocenters. The Balaban J connectivity index is 1.72. The molecule has 158 valence electrons. The molecule has 1 amide bonds. The second kappa shape index (κ2) is 11.5. The molecule has 0 atom stereocenters. The number of carbonyl (C=O) groups is 1. The van der Waals surface area contributed by atoms with Gasteiger partial charge in [-0.05, 0) is 36.4 Å². The smallest absolute Gasteiger partial charge is 0.248 e. The number of carbonyl (C=O) groups excluding carboxylic acids is 1. The van der Waals surface area contributed by atoms with Gasteiger partial charge in [-0.15, -0.1) is 0 Å². The fraction of sp³-hybridized carbons (Fsp3) is 0.381. The van der Waals surface area contributed by atoms with Crippen LogP contribution in [0, 0.1) is 5.82 Å². The number of benzene rings is 1. The van der Waals surface area contributed by atoms with Crippen LogP contribution in [-0.2, 0) is 14.3 Å². The van der Waals surface area contributed by atoms with Gasteiger partial charge < -0.3 is 24.8 Å². The van der Waals surface area contributed by atoms with Gasteiger partial charge in [0.15, 0.2) is 0 Å². The quantitative estimate of drug-likeness (QED) is 0.486. The molecule has 1 saturated heterocycles. The van der Waals surface area contributed by atoms with Crippen LogP contribution in [0.25, 0.3) is 0 Å². The number of halogens is 2. The van der Waals surface area contributed by atoms with Crippen molar-refractivity contribution in [3.05, 3.63) is 65.3 Å². The average Bonchev–Trinajstić information content (AvgIpc) is 2.71. The van der Waals surface area contributed by atoms with Gasteiger partial charge in [-0.25, -0.2) is 4.39 Å². The van der Waals surface area contributed by atoms with Crippen molar-refractivity contribution >= 4 is 17.5 Å². The summed E-state index contributed by atoms with van der Waals surface area (Å²) in [4.78, 5) is 14.0. The van der Waals surface area contributed by atoms with E-state index in [2.05, 4.69) is 6.58 Å². The van der Waals surface area contributed by atoms with Crippen molar-refractivity contribution in [2.24, 2.45) is 5.73 Å². The lowest BCUT2D eigenvalue weighted by Gasteiger charge is -2.32. The van der Waals surface area contributed by atoms with Crippen molar-refractivity contribution in [1.29, 1.82) is 0 Å². The van der Waals surface area contributed by atoms with E-state index in [0.29, 0.717) is 48.2 Å². The predicted molar refractivity (Wildman–Crippen MR) is 110 cm³/mol. The molecular formula is C21H26ClFN2O4. The lowest BCUT2D eigenvalue weighted by atomic mass is 10.1. The second-order valence-corrected chi connectivity index (χ2v) is 6.89. The number of hydrogen-bond acceptors (Lipinski definition) is 5. The normalized spacial score (nSPS) is 16.2. The first kappa shape index (κ1) is 22.8. The highest BCUT2D eigenvalue weighted by molar-refractivity contribution is 6.31. The maximum atomic E-state index is 12.9. The van der Waals surface area contributed by atoms with E-state index in [1.807, 2.05) is 0 Å². The Morgan fingerprint density at radius 2 is 1.97 bits per heavy atom. The topological polar surface area (TPSA) is 74.0 Å². The number of allylic oxidation sites excluding steroid dienone is 3. The van der Waals surface area contributed by atoms with Gasteiger partial charge in [0.05, 0.1) is 18.7 Å². The minimum Gasteiger partial charge on any atom is -0.495 e. The third kappa shape index (κ3) is 7.44. The lowest BCUT2D eigenvalue weighted by molar-refractivity contribution is -0.137. The van der Waals surface area contributed by atoms with Crippen LogP contribution in [0.3, 0.4) is 0 Å². The summed E-state index contributed by atoms with van der Waals surface area (Å²) in [6.07, 6.45) is 4.38. The van der Waals surface area contributed by atoms with Gasteiger partial charge in [0.1, 0.15) is 30.0 Å². The molecule has 1 aromatic rings. The maximum Gasteiger partial charge on any atom is 0.248 e. The minimum absolute atomic E-state index is 0.00206. The third-order valence-corrected chi connectivity index (χ3v) is 4.65. The van der Waals surface area contributed by atoms with Crippen LogP contribution in [0.1, 0.15) is 12.8 Å². The zero-order valence-electron chi connectivity index (χ0n) is 16.4. The van der Waals surface area contributed by atoms with E-state index in [1.54, 1.807) is 17.0 Å². The number of nitrogens with zero attached hydrogens (tertiary/aromatic N) is 1. The van der Waals surface area contributed by atoms with Crippen molar-refractivity contribution in [2.75, 3.05) is 33.4 Å². The summed E-state index contributed by atoms with van der Waals surface area (Å²) in [5, 5.41) is 0.304. The molecule has 1 aliphatic rings. The summed E-state index contributed by atoms with van der Waals surface area (Å²) in [7, 11) is 1.48. The molecule has 0 aliphatic carbocycles. The van der Waals surface area contributed by atoms with Crippen molar-refractivity contribution in [3.63, 3.8) is 0 Å². The molecule has 2 N–H and O–H groups in total. The molecule has 0 aromatic heterocycles. The number of amides is 1. The number of likely N-dealkylation sites (tertiary alicyclic amines) is 1. The van der Waals surface area contributed by atoms with Crippen molar-refractivity contribution in [1.82, 2.24) is 4.90 Å². The Hall–Kier alpha value is -2.51. The van der Waals surface area contributed by atoms with Crippen LogP contribution in [0.4, 0.5) is 4.39 Å². The second-order valence-electron chi connectivity index (χ2n) is 6.48. The lowest BCUT2D eigenvalue weighted by Crippen LogP contribution is -2.43. The first-order chi connectivity index (χ1) is 13.9. The van der Waals surface area contributed by atoms with E-state index in [1.165, 1.54) is 31.4 Å². The third-order valence-electron chi connectivity index (χ3n) is 4.36. The predicted octanol–water partition coefficient (Wildman–Crippen LogP) is 3.34. The maximum absolute atomic E-state index is 12.9. The van der Waals surface area contributed by atoms with Gasteiger partial charge >= 0.3 is 0 Å². The summed E-state index contributed by atoms with van der Waals surface area (Å²) < 4.78 is 29.2. The Bertz CT molecular complexity index is 756. The van der Waals surface area contributed by atoms with E-state index in [4.69, 9.17) is 31.5 Å². The van der Waals surface area contributed by atoms with E-state index in [0.717, 1.165) is 0 Å². The van der Waals surface area contributed by atoms with Crippen LogP contribution in [0.15, 0.2) is 59.5 Å². The van der Waals surface area contributed by atoms with Crippen LogP contribution >= 0.6 is 11.6 Å². The molecular weight excluding hydrogens is 399 g/mol. The Morgan fingerprint density at radius 1 is 1.31 bits per heavy atom. The van der Waals surface area contributed by atoms with Crippen molar-refractivity contribution < 1.29 is 23.4 Å². The van der Waals surface area contributed by atoms with Gasteiger partial charge in [0.2, 0.25) is 5.91 Å². The molecule has 1 heterocycles. The Morgan fingerprint density at radius 3 is 2.55 bits per heavy atom. The number of methoxy groups -OCH3 is 1. The fourth-order valence-electron chi connectivity index (χ4n) is 2.83. The van der Waals surface area contributed by atoms with E-state index in [-0.39, 0.29) is 31.0 Å². The molecule has 0 radical (unpaired) electrons. The molecule has 0 saturated carbocycles. The molecule has 1 aliphatic heterocycles. The summed E-state index contributed by atoms with van der Waals surface area (Å²) in [5.41, 5.74) is 6.22. The van der Waals surface area contributed by atoms with E-state index in [9.17, 15) is 9.18 Å². The van der Waals surface area contributed by atoms with Crippen LogP contribution in [0.5, 0.6) is 5.75 Å². The van der Waals surface area contributed by atoms with Gasteiger partial charge in [0, 0.05) is 31.6 Å². The summed E-state index contributed by atoms with van der Waals surface area (Å²) >= 11 is 6.05. The number of piperidine rings is 1. The van der Waals surface area contributed by atoms with Crippen LogP contribution in [0.2, 0.25) is 0 Å². The van der Waals surface area contributed by atoms with E-state index < -0.39 is 0 Å². The number of ether oxygens (including phenoxy) is 3. The molecule has 0 spiro atoms. The Labute approximate surface area is 175 Å². The zero-order chi connectivity index (χ0) is 21.2. The molecule has 1 aromatic carbocycles. The standard InChI is InChI=1S/C21H26ClFN2O4/c1-3-20(27-2)19(22)12-16(24)13-28-14-21(26)25-10-8-18(9-11-25)29-17-6-4-15(23)5-7-17/h3-7,12,18H,1,8-11,13-14,24H2,2H3/b16-12+,20-19-. The molecule has 6 nitrogen and oxygen atoms in total. The van der Waals surface area contributed by atoms with Gasteiger partial charge in [-0.1, -0.05) is 18.2 Å². The summed E-state index contributed by atoms with van der Waals surface area (Å²) in [6, 6.07) is 5.93. The summed E-state index contributed by atoms with van der Waals surface area (Å²) in [5.74, 6) is 0.619. The fourth-order valence-corrected chi connectivity index (χ4v) is 3.12. The summed E-state index contributed by atoms with van der Waals surface area (Å²) in [6.45, 7) is 4.73. The minimum atomic E-state index is -0.300. The monoisotopic (exact) mass is 424 g/mol. The van der Waals surface area contributed by atoms with Crippen molar-refractivity contribution in [2.45, 2.75) is 18.9 Å². The molecule has 8 heteroatoms. The highest BCUT2D eigenvalue weighted by Crippen LogP contribution is 2.19. The number of nitrogens with two attached hydrogens (primary N) is 1. The SMILES string of the molecule is C=C/C(OC)=C(Cl)\C=C(\N)COCC(=O)N1CCC(Oc2ccc(F)cc2)CC1. The van der Waals surface area contributed by atoms with Gasteiger partial charge in [-0.2, -0.15) is 0 Å². The molecule has 29 heavy (non-hydrogen) atoms. The zero-order valence-corrected chi connectivity index (χ0v) is 17.2. The van der Waals surface area contributed by atoms with Crippen LogP contribution in [-0.4, -0.2) is 50.3 Å². The highest BCUT2D eigenvalue weighted by atomic mass is 35.5. The van der Waals surface area contributed by atoms with E-state index >= 15 is 0 Å². The number of hydrogen-bond donors (Lipinski definition) is 1. The molecule has 0 bridgehead atoms. The first-order valence-corrected chi connectivity index (χ1v) is 9.60. The number of rotatable bonds is 9. The Kier molecular flexibility index (Phi) is 9.02.